The maximum absolute atomic E-state index is 12.0. The molecule has 1 saturated heterocycles. The molecule has 1 aliphatic rings. The van der Waals surface area contributed by atoms with Crippen LogP contribution in [0.25, 0.3) is 0 Å². The average molecular weight is 307 g/mol. The van der Waals surface area contributed by atoms with Crippen LogP contribution < -0.4 is 0 Å². The molecule has 1 fully saturated rings. The quantitative estimate of drug-likeness (QED) is 0.663. The van der Waals surface area contributed by atoms with Crippen molar-refractivity contribution in [1.29, 1.82) is 0 Å². The summed E-state index contributed by atoms with van der Waals surface area (Å²) in [6.45, 7) is 2.75. The molecule has 0 spiro atoms. The first kappa shape index (κ1) is 16.9. The number of amides is 1. The summed E-state index contributed by atoms with van der Waals surface area (Å²) in [5, 5.41) is 8.86. The molecule has 1 unspecified atom stereocenters. The lowest BCUT2D eigenvalue weighted by molar-refractivity contribution is -0.143. The van der Waals surface area contributed by atoms with E-state index in [4.69, 9.17) is 5.11 Å². The highest BCUT2D eigenvalue weighted by atomic mass is 32.2. The van der Waals surface area contributed by atoms with Crippen molar-refractivity contribution >= 4 is 21.9 Å². The Balaban J connectivity index is 2.49. The third-order valence-electron chi connectivity index (χ3n) is 3.46. The molecule has 0 aromatic rings. The van der Waals surface area contributed by atoms with Crippen LogP contribution in [0.4, 0.5) is 0 Å². The van der Waals surface area contributed by atoms with Gasteiger partial charge >= 0.3 is 5.97 Å². The molecule has 116 valence electrons. The van der Waals surface area contributed by atoms with Crippen molar-refractivity contribution < 1.29 is 23.1 Å². The summed E-state index contributed by atoms with van der Waals surface area (Å²) in [4.78, 5) is 25.8. The minimum absolute atomic E-state index is 0.00629. The molecule has 0 aromatic heterocycles. The summed E-state index contributed by atoms with van der Waals surface area (Å²) >= 11 is 0. The second kappa shape index (κ2) is 6.51. The van der Waals surface area contributed by atoms with Gasteiger partial charge in [0.25, 0.3) is 0 Å². The normalized spacial score (nSPS) is 19.1. The average Bonchev–Trinajstić information content (AvgIpc) is 2.36. The molecule has 0 bridgehead atoms. The van der Waals surface area contributed by atoms with Crippen LogP contribution in [0.1, 0.15) is 6.92 Å². The number of carboxylic acid groups (broad SMARTS) is 1. The van der Waals surface area contributed by atoms with Crippen LogP contribution in [-0.2, 0) is 19.6 Å². The minimum Gasteiger partial charge on any atom is -0.480 e. The van der Waals surface area contributed by atoms with Gasteiger partial charge in [-0.05, 0) is 14.0 Å². The zero-order valence-corrected chi connectivity index (χ0v) is 12.8. The van der Waals surface area contributed by atoms with E-state index in [1.165, 1.54) is 16.1 Å². The third kappa shape index (κ3) is 4.43. The molecular formula is C11H21N3O5S. The molecule has 1 N–H and O–H groups in total. The van der Waals surface area contributed by atoms with Gasteiger partial charge in [-0.1, -0.05) is 0 Å². The van der Waals surface area contributed by atoms with Crippen LogP contribution >= 0.6 is 0 Å². The Morgan fingerprint density at radius 2 is 1.75 bits per heavy atom. The largest absolute Gasteiger partial charge is 0.480 e. The van der Waals surface area contributed by atoms with Crippen LogP contribution in [0.15, 0.2) is 0 Å². The first-order chi connectivity index (χ1) is 9.12. The number of piperazine rings is 1. The molecular weight excluding hydrogens is 286 g/mol. The van der Waals surface area contributed by atoms with Gasteiger partial charge in [0.15, 0.2) is 0 Å². The van der Waals surface area contributed by atoms with Crippen molar-refractivity contribution in [3.63, 3.8) is 0 Å². The summed E-state index contributed by atoms with van der Waals surface area (Å²) in [5.74, 6) is -1.17. The summed E-state index contributed by atoms with van der Waals surface area (Å²) in [5.41, 5.74) is 0. The van der Waals surface area contributed by atoms with Crippen LogP contribution in [-0.4, -0.2) is 91.6 Å². The minimum atomic E-state index is -3.22. The van der Waals surface area contributed by atoms with Gasteiger partial charge in [0, 0.05) is 26.2 Å². The number of nitrogens with zero attached hydrogens (tertiary/aromatic N) is 3. The fraction of sp³-hybridized carbons (Fsp3) is 0.818. The molecule has 0 saturated carbocycles. The predicted octanol–water partition coefficient (Wildman–Crippen LogP) is -1.50. The van der Waals surface area contributed by atoms with Gasteiger partial charge in [0.2, 0.25) is 15.9 Å². The summed E-state index contributed by atoms with van der Waals surface area (Å²) < 4.78 is 24.0. The zero-order valence-electron chi connectivity index (χ0n) is 11.9. The number of likely N-dealkylation sites (N-methyl/N-ethyl adjacent to an activating group) is 1. The highest BCUT2D eigenvalue weighted by Crippen LogP contribution is 2.07. The van der Waals surface area contributed by atoms with Gasteiger partial charge in [-0.25, -0.2) is 8.42 Å². The van der Waals surface area contributed by atoms with Crippen LogP contribution in [0, 0.1) is 0 Å². The zero-order chi connectivity index (χ0) is 15.5. The monoisotopic (exact) mass is 307 g/mol. The van der Waals surface area contributed by atoms with Gasteiger partial charge in [0.1, 0.15) is 6.04 Å². The molecule has 1 heterocycles. The van der Waals surface area contributed by atoms with Crippen LogP contribution in [0.2, 0.25) is 0 Å². The standard InChI is InChI=1S/C11H21N3O5S/c1-9(11(16)17)12(2)8-10(15)13-4-6-14(7-5-13)20(3,18)19/h9H,4-8H2,1-3H3,(H,16,17). The SMILES string of the molecule is CC(C(=O)O)N(C)CC(=O)N1CCN(S(C)(=O)=O)CC1. The number of carboxylic acids is 1. The molecule has 9 heteroatoms. The van der Waals surface area contributed by atoms with E-state index in [0.29, 0.717) is 13.1 Å². The van der Waals surface area contributed by atoms with Gasteiger partial charge in [-0.15, -0.1) is 0 Å². The Morgan fingerprint density at radius 1 is 1.25 bits per heavy atom. The molecule has 0 radical (unpaired) electrons. The topological polar surface area (TPSA) is 98.2 Å². The highest BCUT2D eigenvalue weighted by Gasteiger charge is 2.27. The molecule has 0 aliphatic carbocycles. The predicted molar refractivity (Wildman–Crippen MR) is 72.7 cm³/mol. The van der Waals surface area contributed by atoms with Crippen molar-refractivity contribution in [3.8, 4) is 0 Å². The van der Waals surface area contributed by atoms with Gasteiger partial charge in [0.05, 0.1) is 12.8 Å². The summed E-state index contributed by atoms with van der Waals surface area (Å²) in [6.07, 6.45) is 1.15. The highest BCUT2D eigenvalue weighted by molar-refractivity contribution is 7.88. The number of carbonyl (C=O) groups is 2. The van der Waals surface area contributed by atoms with Crippen LogP contribution in [0.5, 0.6) is 0 Å². The summed E-state index contributed by atoms with van der Waals surface area (Å²) in [6, 6.07) is -0.740. The Labute approximate surface area is 119 Å². The maximum atomic E-state index is 12.0. The van der Waals surface area contributed by atoms with Crippen molar-refractivity contribution in [2.75, 3.05) is 46.0 Å². The summed E-state index contributed by atoms with van der Waals surface area (Å²) in [7, 11) is -1.64. The number of aliphatic carboxylic acids is 1. The lowest BCUT2D eigenvalue weighted by Crippen LogP contribution is -2.53. The Bertz CT molecular complexity index is 470. The fourth-order valence-corrected chi connectivity index (χ4v) is 2.73. The number of rotatable bonds is 5. The number of carbonyl (C=O) groups excluding carboxylic acids is 1. The maximum Gasteiger partial charge on any atom is 0.320 e. The van der Waals surface area contributed by atoms with Crippen molar-refractivity contribution in [3.05, 3.63) is 0 Å². The Hall–Kier alpha value is -1.19. The lowest BCUT2D eigenvalue weighted by Gasteiger charge is -2.34. The van der Waals surface area contributed by atoms with E-state index in [9.17, 15) is 18.0 Å². The molecule has 1 atom stereocenters. The Kier molecular flexibility index (Phi) is 5.49. The van der Waals surface area contributed by atoms with Gasteiger partial charge in [-0.3, -0.25) is 14.5 Å². The van der Waals surface area contributed by atoms with E-state index in [0.717, 1.165) is 6.26 Å². The smallest absolute Gasteiger partial charge is 0.320 e. The fourth-order valence-electron chi connectivity index (χ4n) is 1.91. The van der Waals surface area contributed by atoms with E-state index < -0.39 is 22.0 Å². The van der Waals surface area contributed by atoms with Crippen molar-refractivity contribution in [2.45, 2.75) is 13.0 Å². The van der Waals surface area contributed by atoms with E-state index in [-0.39, 0.29) is 25.5 Å². The van der Waals surface area contributed by atoms with Crippen LogP contribution in [0.3, 0.4) is 0 Å². The van der Waals surface area contributed by atoms with E-state index in [2.05, 4.69) is 0 Å². The second-order valence-corrected chi connectivity index (χ2v) is 6.95. The number of sulfonamides is 1. The first-order valence-corrected chi connectivity index (χ1v) is 8.13. The first-order valence-electron chi connectivity index (χ1n) is 6.29. The van der Waals surface area contributed by atoms with E-state index >= 15 is 0 Å². The molecule has 0 aromatic carbocycles. The second-order valence-electron chi connectivity index (χ2n) is 4.97. The number of hydrogen-bond acceptors (Lipinski definition) is 5. The van der Waals surface area contributed by atoms with Crippen molar-refractivity contribution in [2.24, 2.45) is 0 Å². The molecule has 20 heavy (non-hydrogen) atoms. The molecule has 1 aliphatic heterocycles. The van der Waals surface area contributed by atoms with E-state index in [1.54, 1.807) is 11.9 Å². The lowest BCUT2D eigenvalue weighted by atomic mass is 10.3. The molecule has 8 nitrogen and oxygen atoms in total. The molecule has 1 amide bonds. The third-order valence-corrected chi connectivity index (χ3v) is 4.77. The van der Waals surface area contributed by atoms with Gasteiger partial charge < -0.3 is 10.0 Å². The molecule has 1 rings (SSSR count). The Morgan fingerprint density at radius 3 is 2.15 bits per heavy atom. The van der Waals surface area contributed by atoms with Crippen molar-refractivity contribution in [1.82, 2.24) is 14.1 Å². The van der Waals surface area contributed by atoms with E-state index in [1.807, 2.05) is 0 Å². The number of hydrogen-bond donors (Lipinski definition) is 1. The van der Waals surface area contributed by atoms with Gasteiger partial charge in [-0.2, -0.15) is 4.31 Å².